The molecule has 0 heterocycles. The number of carbonyl (C=O) groups excluding carboxylic acids is 1. The van der Waals surface area contributed by atoms with Gasteiger partial charge >= 0.3 is 6.18 Å². The maximum absolute atomic E-state index is 12.0. The molecule has 21 heavy (non-hydrogen) atoms. The van der Waals surface area contributed by atoms with Gasteiger partial charge in [-0.1, -0.05) is 12.1 Å². The zero-order valence-electron chi connectivity index (χ0n) is 11.1. The summed E-state index contributed by atoms with van der Waals surface area (Å²) in [5.74, 6) is -0.727. The third-order valence-electron chi connectivity index (χ3n) is 2.72. The molecular formula is C12H15F3N2O3S. The summed E-state index contributed by atoms with van der Waals surface area (Å²) in [6.45, 7) is 1.58. The highest BCUT2D eigenvalue weighted by atomic mass is 32.2. The van der Waals surface area contributed by atoms with Crippen LogP contribution in [-0.4, -0.2) is 20.5 Å². The largest absolute Gasteiger partial charge is 0.389 e. The number of benzene rings is 1. The number of sulfonamides is 1. The molecule has 0 aliphatic rings. The van der Waals surface area contributed by atoms with Gasteiger partial charge in [-0.05, 0) is 24.6 Å². The van der Waals surface area contributed by atoms with Crippen LogP contribution in [0.4, 0.5) is 13.2 Å². The minimum absolute atomic E-state index is 0.0816. The second kappa shape index (κ2) is 6.44. The van der Waals surface area contributed by atoms with E-state index in [1.54, 1.807) is 6.92 Å². The van der Waals surface area contributed by atoms with Crippen LogP contribution in [0.5, 0.6) is 0 Å². The quantitative estimate of drug-likeness (QED) is 0.866. The lowest BCUT2D eigenvalue weighted by Gasteiger charge is -2.15. The number of nitrogens with two attached hydrogens (primary N) is 1. The Kier molecular flexibility index (Phi) is 5.35. The predicted octanol–water partition coefficient (Wildman–Crippen LogP) is 1.85. The van der Waals surface area contributed by atoms with Gasteiger partial charge < -0.3 is 5.32 Å². The highest BCUT2D eigenvalue weighted by Crippen LogP contribution is 2.22. The lowest BCUT2D eigenvalue weighted by molar-refractivity contribution is -0.144. The molecular weight excluding hydrogens is 309 g/mol. The Labute approximate surface area is 120 Å². The van der Waals surface area contributed by atoms with Crippen LogP contribution < -0.4 is 10.5 Å². The fraction of sp³-hybridized carbons (Fsp3) is 0.417. The third kappa shape index (κ3) is 6.13. The lowest BCUT2D eigenvalue weighted by atomic mass is 10.1. The maximum Gasteiger partial charge on any atom is 0.389 e. The van der Waals surface area contributed by atoms with E-state index in [0.29, 0.717) is 5.56 Å². The van der Waals surface area contributed by atoms with Gasteiger partial charge in [-0.2, -0.15) is 13.2 Å². The molecule has 0 fully saturated rings. The van der Waals surface area contributed by atoms with Crippen molar-refractivity contribution in [3.8, 4) is 0 Å². The molecule has 1 amide bonds. The summed E-state index contributed by atoms with van der Waals surface area (Å²) in [5, 5.41) is 7.35. The first-order valence-corrected chi connectivity index (χ1v) is 7.52. The van der Waals surface area contributed by atoms with Crippen molar-refractivity contribution in [1.82, 2.24) is 5.32 Å². The van der Waals surface area contributed by atoms with Crippen molar-refractivity contribution in [2.24, 2.45) is 5.14 Å². The van der Waals surface area contributed by atoms with Crippen molar-refractivity contribution in [2.45, 2.75) is 36.9 Å². The Hall–Kier alpha value is -1.61. The van der Waals surface area contributed by atoms with Crippen LogP contribution in [0.2, 0.25) is 0 Å². The van der Waals surface area contributed by atoms with Crippen molar-refractivity contribution in [2.75, 3.05) is 0 Å². The van der Waals surface area contributed by atoms with Crippen LogP contribution in [0.3, 0.4) is 0 Å². The van der Waals surface area contributed by atoms with Gasteiger partial charge in [0, 0.05) is 6.42 Å². The van der Waals surface area contributed by atoms with Gasteiger partial charge in [0.1, 0.15) is 0 Å². The van der Waals surface area contributed by atoms with Crippen LogP contribution in [0.1, 0.15) is 31.4 Å². The molecule has 1 aromatic carbocycles. The molecule has 1 unspecified atom stereocenters. The maximum atomic E-state index is 12.0. The van der Waals surface area contributed by atoms with E-state index in [4.69, 9.17) is 5.14 Å². The minimum Gasteiger partial charge on any atom is -0.350 e. The number of carbonyl (C=O) groups is 1. The third-order valence-corrected chi connectivity index (χ3v) is 3.65. The smallest absolute Gasteiger partial charge is 0.350 e. The Morgan fingerprint density at radius 3 is 2.24 bits per heavy atom. The molecule has 1 atom stereocenters. The molecule has 118 valence electrons. The molecule has 1 rings (SSSR count). The van der Waals surface area contributed by atoms with Crippen molar-refractivity contribution >= 4 is 15.9 Å². The van der Waals surface area contributed by atoms with E-state index < -0.39 is 41.0 Å². The van der Waals surface area contributed by atoms with Gasteiger partial charge in [-0.3, -0.25) is 4.79 Å². The van der Waals surface area contributed by atoms with Gasteiger partial charge in [0.05, 0.1) is 17.4 Å². The van der Waals surface area contributed by atoms with Crippen LogP contribution >= 0.6 is 0 Å². The van der Waals surface area contributed by atoms with Gasteiger partial charge in [0.2, 0.25) is 15.9 Å². The fourth-order valence-corrected chi connectivity index (χ4v) is 2.11. The van der Waals surface area contributed by atoms with Gasteiger partial charge in [0.25, 0.3) is 0 Å². The van der Waals surface area contributed by atoms with E-state index >= 15 is 0 Å². The van der Waals surface area contributed by atoms with Gasteiger partial charge in [-0.25, -0.2) is 13.6 Å². The van der Waals surface area contributed by atoms with Crippen LogP contribution in [0.15, 0.2) is 29.2 Å². The Bertz CT molecular complexity index is 597. The first kappa shape index (κ1) is 17.4. The van der Waals surface area contributed by atoms with Gasteiger partial charge in [-0.15, -0.1) is 0 Å². The molecule has 1 aromatic rings. The minimum atomic E-state index is -4.38. The van der Waals surface area contributed by atoms with Crippen molar-refractivity contribution in [1.29, 1.82) is 0 Å². The van der Waals surface area contributed by atoms with E-state index in [2.05, 4.69) is 5.32 Å². The highest BCUT2D eigenvalue weighted by molar-refractivity contribution is 7.89. The number of hydrogen-bond acceptors (Lipinski definition) is 3. The number of amides is 1. The van der Waals surface area contributed by atoms with Crippen LogP contribution in [0.25, 0.3) is 0 Å². The summed E-state index contributed by atoms with van der Waals surface area (Å²) in [4.78, 5) is 11.3. The number of primary sulfonamides is 1. The Morgan fingerprint density at radius 1 is 1.29 bits per heavy atom. The normalized spacial score (nSPS) is 13.8. The molecule has 0 bridgehead atoms. The summed E-state index contributed by atoms with van der Waals surface area (Å²) in [7, 11) is -3.81. The summed E-state index contributed by atoms with van der Waals surface area (Å²) >= 11 is 0. The zero-order chi connectivity index (χ0) is 16.3. The number of halogens is 3. The standard InChI is InChI=1S/C12H15F3N2O3S/c1-8(17-11(18)6-7-12(13,14)15)9-2-4-10(5-3-9)21(16,19)20/h2-5,8H,6-7H2,1H3,(H,17,18)(H2,16,19,20). The summed E-state index contributed by atoms with van der Waals surface area (Å²) in [5.41, 5.74) is 0.558. The monoisotopic (exact) mass is 324 g/mol. The number of rotatable bonds is 5. The first-order chi connectivity index (χ1) is 9.49. The van der Waals surface area contributed by atoms with E-state index in [1.807, 2.05) is 0 Å². The van der Waals surface area contributed by atoms with Gasteiger partial charge in [0.15, 0.2) is 0 Å². The summed E-state index contributed by atoms with van der Waals surface area (Å²) in [6, 6.07) is 4.87. The summed E-state index contributed by atoms with van der Waals surface area (Å²) < 4.78 is 58.1. The molecule has 3 N–H and O–H groups in total. The fourth-order valence-electron chi connectivity index (χ4n) is 1.60. The first-order valence-electron chi connectivity index (χ1n) is 5.98. The second-order valence-electron chi connectivity index (χ2n) is 4.52. The summed E-state index contributed by atoms with van der Waals surface area (Å²) in [6.07, 6.45) is -6.21. The molecule has 5 nitrogen and oxygen atoms in total. The molecule has 9 heteroatoms. The highest BCUT2D eigenvalue weighted by Gasteiger charge is 2.28. The average molecular weight is 324 g/mol. The van der Waals surface area contributed by atoms with Crippen molar-refractivity contribution in [3.63, 3.8) is 0 Å². The van der Waals surface area contributed by atoms with Crippen LogP contribution in [0, 0.1) is 0 Å². The molecule has 0 aliphatic carbocycles. The molecule has 0 saturated heterocycles. The van der Waals surface area contributed by atoms with E-state index in [-0.39, 0.29) is 4.90 Å². The molecule has 0 spiro atoms. The zero-order valence-corrected chi connectivity index (χ0v) is 12.0. The SMILES string of the molecule is CC(NC(=O)CCC(F)(F)F)c1ccc(S(N)(=O)=O)cc1. The van der Waals surface area contributed by atoms with Crippen LogP contribution in [-0.2, 0) is 14.8 Å². The predicted molar refractivity (Wildman–Crippen MR) is 69.7 cm³/mol. The second-order valence-corrected chi connectivity index (χ2v) is 6.08. The number of alkyl halides is 3. The number of hydrogen-bond donors (Lipinski definition) is 2. The van der Waals surface area contributed by atoms with E-state index in [1.165, 1.54) is 24.3 Å². The van der Waals surface area contributed by atoms with E-state index in [0.717, 1.165) is 0 Å². The molecule has 0 saturated carbocycles. The lowest BCUT2D eigenvalue weighted by Crippen LogP contribution is -2.27. The molecule has 0 aromatic heterocycles. The average Bonchev–Trinajstić information content (AvgIpc) is 2.34. The Morgan fingerprint density at radius 2 is 1.81 bits per heavy atom. The van der Waals surface area contributed by atoms with E-state index in [9.17, 15) is 26.4 Å². The molecule has 0 aliphatic heterocycles. The topological polar surface area (TPSA) is 89.3 Å². The number of nitrogens with one attached hydrogen (secondary N) is 1. The van der Waals surface area contributed by atoms with Crippen molar-refractivity contribution < 1.29 is 26.4 Å². The molecule has 0 radical (unpaired) electrons. The Balaban J connectivity index is 2.64. The van der Waals surface area contributed by atoms with Crippen molar-refractivity contribution in [3.05, 3.63) is 29.8 Å².